The third-order valence-electron chi connectivity index (χ3n) is 3.57. The highest BCUT2D eigenvalue weighted by Gasteiger charge is 2.36. The summed E-state index contributed by atoms with van der Waals surface area (Å²) in [5.74, 6) is 0.264. The van der Waals surface area contributed by atoms with Gasteiger partial charge in [0.15, 0.2) is 15.6 Å². The fourth-order valence-corrected chi connectivity index (χ4v) is 4.41. The lowest BCUT2D eigenvalue weighted by Crippen LogP contribution is -2.35. The molecule has 0 radical (unpaired) electrons. The van der Waals surface area contributed by atoms with Crippen LogP contribution < -0.4 is 4.74 Å². The topological polar surface area (TPSA) is 60.4 Å². The van der Waals surface area contributed by atoms with Crippen molar-refractivity contribution in [2.24, 2.45) is 0 Å². The third-order valence-corrected chi connectivity index (χ3v) is 5.75. The van der Waals surface area contributed by atoms with Crippen LogP contribution >= 0.6 is 0 Å². The average Bonchev–Trinajstić information content (AvgIpc) is 2.40. The molecule has 0 N–H and O–H groups in total. The van der Waals surface area contributed by atoms with E-state index in [0.29, 0.717) is 30.8 Å². The second kappa shape index (κ2) is 5.95. The summed E-state index contributed by atoms with van der Waals surface area (Å²) >= 11 is 0. The Labute approximate surface area is 120 Å². The highest BCUT2D eigenvalue weighted by atomic mass is 32.2. The Morgan fingerprint density at radius 1 is 1.35 bits per heavy atom. The average molecular weight is 296 g/mol. The first-order valence-electron chi connectivity index (χ1n) is 6.95. The molecule has 1 aliphatic heterocycles. The molecule has 1 fully saturated rings. The first kappa shape index (κ1) is 15.0. The fourth-order valence-electron chi connectivity index (χ4n) is 2.54. The van der Waals surface area contributed by atoms with Crippen molar-refractivity contribution in [1.82, 2.24) is 0 Å². The standard InChI is InChI=1S/C15H20O4S/c1-3-19-13-8-7-11(2)10-12(13)15(16)14-6-4-5-9-20(14,17)18/h7-8,10,14H,3-6,9H2,1-2H3. The molecule has 5 heteroatoms. The number of aryl methyl sites for hydroxylation is 1. The largest absolute Gasteiger partial charge is 0.493 e. The number of benzene rings is 1. The van der Waals surface area contributed by atoms with Crippen LogP contribution in [0.5, 0.6) is 5.75 Å². The van der Waals surface area contributed by atoms with Crippen LogP contribution in [-0.2, 0) is 9.84 Å². The number of carbonyl (C=O) groups excluding carboxylic acids is 1. The maximum atomic E-state index is 12.6. The van der Waals surface area contributed by atoms with Crippen LogP contribution in [0, 0.1) is 6.92 Å². The summed E-state index contributed by atoms with van der Waals surface area (Å²) in [6.45, 7) is 4.16. The Hall–Kier alpha value is -1.36. The van der Waals surface area contributed by atoms with E-state index >= 15 is 0 Å². The first-order valence-corrected chi connectivity index (χ1v) is 8.66. The molecule has 20 heavy (non-hydrogen) atoms. The van der Waals surface area contributed by atoms with Crippen LogP contribution in [0.2, 0.25) is 0 Å². The zero-order chi connectivity index (χ0) is 14.8. The van der Waals surface area contributed by atoms with Crippen molar-refractivity contribution < 1.29 is 17.9 Å². The number of sulfone groups is 1. The lowest BCUT2D eigenvalue weighted by molar-refractivity contribution is 0.0977. The van der Waals surface area contributed by atoms with Crippen LogP contribution in [0.3, 0.4) is 0 Å². The molecule has 0 aliphatic carbocycles. The Bertz CT molecular complexity index is 604. The Kier molecular flexibility index (Phi) is 4.48. The number of ketones is 1. The predicted octanol–water partition coefficient (Wildman–Crippen LogP) is 2.54. The van der Waals surface area contributed by atoms with Crippen LogP contribution in [0.15, 0.2) is 18.2 Å². The van der Waals surface area contributed by atoms with Gasteiger partial charge in [0.2, 0.25) is 0 Å². The summed E-state index contributed by atoms with van der Waals surface area (Å²) in [7, 11) is -3.32. The number of Topliss-reactive ketones (excluding diaryl/α,β-unsaturated/α-hetero) is 1. The Morgan fingerprint density at radius 3 is 2.75 bits per heavy atom. The molecule has 1 aliphatic rings. The molecule has 1 saturated heterocycles. The van der Waals surface area contributed by atoms with E-state index in [0.717, 1.165) is 12.0 Å². The molecule has 0 amide bonds. The van der Waals surface area contributed by atoms with Gasteiger partial charge in [-0.05, 0) is 38.8 Å². The number of ether oxygens (including phenoxy) is 1. The first-order chi connectivity index (χ1) is 9.45. The third kappa shape index (κ3) is 3.03. The van der Waals surface area contributed by atoms with E-state index in [1.807, 2.05) is 19.9 Å². The quantitative estimate of drug-likeness (QED) is 0.801. The number of carbonyl (C=O) groups is 1. The van der Waals surface area contributed by atoms with Gasteiger partial charge in [0, 0.05) is 0 Å². The SMILES string of the molecule is CCOc1ccc(C)cc1C(=O)C1CCCCS1(=O)=O. The summed E-state index contributed by atoms with van der Waals surface area (Å²) in [6, 6.07) is 5.32. The van der Waals surface area contributed by atoms with Crippen LogP contribution in [0.1, 0.15) is 42.1 Å². The summed E-state index contributed by atoms with van der Waals surface area (Å²) in [5.41, 5.74) is 1.31. The smallest absolute Gasteiger partial charge is 0.184 e. The van der Waals surface area contributed by atoms with Gasteiger partial charge in [-0.1, -0.05) is 18.1 Å². The molecule has 1 unspecified atom stereocenters. The summed E-state index contributed by atoms with van der Waals surface area (Å²) in [5, 5.41) is -0.905. The molecular formula is C15H20O4S. The molecule has 1 aromatic rings. The van der Waals surface area contributed by atoms with E-state index < -0.39 is 15.1 Å². The predicted molar refractivity (Wildman–Crippen MR) is 78.1 cm³/mol. The molecular weight excluding hydrogens is 276 g/mol. The van der Waals surface area contributed by atoms with Gasteiger partial charge in [-0.3, -0.25) is 4.79 Å². The van der Waals surface area contributed by atoms with Crippen molar-refractivity contribution in [3.05, 3.63) is 29.3 Å². The molecule has 4 nitrogen and oxygen atoms in total. The molecule has 0 aromatic heterocycles. The Morgan fingerprint density at radius 2 is 2.10 bits per heavy atom. The minimum atomic E-state index is -3.32. The lowest BCUT2D eigenvalue weighted by atomic mass is 10.0. The van der Waals surface area contributed by atoms with Crippen LogP contribution in [0.25, 0.3) is 0 Å². The van der Waals surface area contributed by atoms with E-state index in [1.54, 1.807) is 12.1 Å². The fraction of sp³-hybridized carbons (Fsp3) is 0.533. The summed E-state index contributed by atoms with van der Waals surface area (Å²) in [6.07, 6.45) is 1.85. The molecule has 0 bridgehead atoms. The van der Waals surface area contributed by atoms with Crippen molar-refractivity contribution in [1.29, 1.82) is 0 Å². The zero-order valence-electron chi connectivity index (χ0n) is 11.9. The molecule has 1 heterocycles. The van der Waals surface area contributed by atoms with Gasteiger partial charge in [-0.2, -0.15) is 0 Å². The lowest BCUT2D eigenvalue weighted by Gasteiger charge is -2.22. The molecule has 110 valence electrons. The second-order valence-corrected chi connectivity index (χ2v) is 7.45. The second-order valence-electron chi connectivity index (χ2n) is 5.15. The van der Waals surface area contributed by atoms with Gasteiger partial charge in [0.25, 0.3) is 0 Å². The molecule has 0 saturated carbocycles. The normalized spacial score (nSPS) is 21.4. The molecule has 1 atom stereocenters. The monoisotopic (exact) mass is 296 g/mol. The maximum Gasteiger partial charge on any atom is 0.184 e. The maximum absolute atomic E-state index is 12.6. The van der Waals surface area contributed by atoms with Crippen molar-refractivity contribution in [3.8, 4) is 5.75 Å². The van der Waals surface area contributed by atoms with Crippen molar-refractivity contribution >= 4 is 15.6 Å². The van der Waals surface area contributed by atoms with E-state index in [9.17, 15) is 13.2 Å². The van der Waals surface area contributed by atoms with E-state index in [1.165, 1.54) is 0 Å². The molecule has 0 spiro atoms. The van der Waals surface area contributed by atoms with Gasteiger partial charge in [0.1, 0.15) is 11.0 Å². The highest BCUT2D eigenvalue weighted by molar-refractivity contribution is 7.92. The van der Waals surface area contributed by atoms with Gasteiger partial charge >= 0.3 is 0 Å². The van der Waals surface area contributed by atoms with E-state index in [2.05, 4.69) is 0 Å². The van der Waals surface area contributed by atoms with E-state index in [4.69, 9.17) is 4.74 Å². The minimum Gasteiger partial charge on any atom is -0.493 e. The van der Waals surface area contributed by atoms with E-state index in [-0.39, 0.29) is 11.5 Å². The molecule has 1 aromatic carbocycles. The van der Waals surface area contributed by atoms with Crippen LogP contribution in [-0.4, -0.2) is 31.8 Å². The van der Waals surface area contributed by atoms with Gasteiger partial charge < -0.3 is 4.74 Å². The summed E-state index contributed by atoms with van der Waals surface area (Å²) in [4.78, 5) is 12.6. The zero-order valence-corrected chi connectivity index (χ0v) is 12.7. The van der Waals surface area contributed by atoms with Crippen LogP contribution in [0.4, 0.5) is 0 Å². The van der Waals surface area contributed by atoms with Crippen molar-refractivity contribution in [2.75, 3.05) is 12.4 Å². The molecule has 2 rings (SSSR count). The van der Waals surface area contributed by atoms with Gasteiger partial charge in [-0.15, -0.1) is 0 Å². The highest BCUT2D eigenvalue weighted by Crippen LogP contribution is 2.28. The van der Waals surface area contributed by atoms with Crippen molar-refractivity contribution in [3.63, 3.8) is 0 Å². The minimum absolute atomic E-state index is 0.110. The van der Waals surface area contributed by atoms with Crippen molar-refractivity contribution in [2.45, 2.75) is 38.4 Å². The number of hydrogen-bond acceptors (Lipinski definition) is 4. The Balaban J connectivity index is 2.39. The number of hydrogen-bond donors (Lipinski definition) is 0. The summed E-state index contributed by atoms with van der Waals surface area (Å²) < 4.78 is 29.6. The van der Waals surface area contributed by atoms with Gasteiger partial charge in [-0.25, -0.2) is 8.42 Å². The number of rotatable bonds is 4. The van der Waals surface area contributed by atoms with Gasteiger partial charge in [0.05, 0.1) is 17.9 Å².